The maximum Gasteiger partial charge on any atom is 0.269 e. The highest BCUT2D eigenvalue weighted by Crippen LogP contribution is 2.38. The zero-order chi connectivity index (χ0) is 25.0. The molecule has 7 nitrogen and oxygen atoms in total. The van der Waals surface area contributed by atoms with Crippen LogP contribution in [0.1, 0.15) is 63.5 Å². The van der Waals surface area contributed by atoms with Crippen LogP contribution in [-0.2, 0) is 6.42 Å². The summed E-state index contributed by atoms with van der Waals surface area (Å²) >= 11 is 0. The lowest BCUT2D eigenvalue weighted by atomic mass is 9.95. The summed E-state index contributed by atoms with van der Waals surface area (Å²) in [7, 11) is 1.51. The molecule has 1 fully saturated rings. The summed E-state index contributed by atoms with van der Waals surface area (Å²) < 4.78 is 32.3. The second-order valence-corrected chi connectivity index (χ2v) is 7.84. The number of nitrogens with zero attached hydrogens (tertiary/aromatic N) is 2. The van der Waals surface area contributed by atoms with E-state index in [1.165, 1.54) is 13.1 Å². The van der Waals surface area contributed by atoms with Gasteiger partial charge >= 0.3 is 0 Å². The van der Waals surface area contributed by atoms with Crippen LogP contribution in [0.5, 0.6) is 0 Å². The minimum Gasteiger partial charge on any atom is -0.354 e. The molecule has 158 valence electrons. The van der Waals surface area contributed by atoms with Crippen LogP contribution in [0.15, 0.2) is 41.3 Å². The van der Waals surface area contributed by atoms with Crippen molar-refractivity contribution in [1.29, 1.82) is 0 Å². The lowest BCUT2D eigenvalue weighted by Gasteiger charge is -2.18. The van der Waals surface area contributed by atoms with Crippen LogP contribution in [0.3, 0.4) is 0 Å². The summed E-state index contributed by atoms with van der Waals surface area (Å²) in [6.45, 7) is -4.00. The first-order valence-corrected chi connectivity index (χ1v) is 10.3. The summed E-state index contributed by atoms with van der Waals surface area (Å²) in [5.41, 5.74) is 4.41. The Bertz CT molecular complexity index is 1430. The van der Waals surface area contributed by atoms with Crippen LogP contribution in [0.2, 0.25) is 0 Å². The third-order valence-corrected chi connectivity index (χ3v) is 5.63. The largest absolute Gasteiger partial charge is 0.354 e. The van der Waals surface area contributed by atoms with Crippen molar-refractivity contribution >= 4 is 22.5 Å². The number of hydrogen-bond acceptors (Lipinski definition) is 5. The van der Waals surface area contributed by atoms with Crippen molar-refractivity contribution in [2.24, 2.45) is 0 Å². The smallest absolute Gasteiger partial charge is 0.269 e. The topological polar surface area (TPSA) is 99.8 Å². The van der Waals surface area contributed by atoms with E-state index in [2.05, 4.69) is 25.6 Å². The van der Waals surface area contributed by atoms with Gasteiger partial charge in [-0.15, -0.1) is 0 Å². The number of hydrogen-bond donors (Lipinski definition) is 3. The average molecular weight is 420 g/mol. The quantitative estimate of drug-likeness (QED) is 0.590. The Kier molecular flexibility index (Phi) is 4.03. The molecule has 1 aliphatic carbocycles. The van der Waals surface area contributed by atoms with E-state index >= 15 is 0 Å². The van der Waals surface area contributed by atoms with Crippen molar-refractivity contribution in [2.75, 3.05) is 20.0 Å². The minimum atomic E-state index is -2.04. The number of H-pyrrole nitrogens is 1. The molecule has 1 aliphatic heterocycles. The molecule has 0 bridgehead atoms. The molecule has 1 saturated carbocycles. The Morgan fingerprint density at radius 2 is 2.19 bits per heavy atom. The molecule has 3 aromatic heterocycles. The molecule has 1 amide bonds. The zero-order valence-electron chi connectivity index (χ0n) is 21.1. The number of amides is 1. The number of fused-ring (bicyclic) bond motifs is 1. The Morgan fingerprint density at radius 3 is 2.97 bits per heavy atom. The van der Waals surface area contributed by atoms with E-state index in [9.17, 15) is 9.59 Å². The van der Waals surface area contributed by atoms with Crippen LogP contribution in [0.25, 0.3) is 16.6 Å². The molecule has 0 radical (unpaired) electrons. The first-order valence-electron chi connectivity index (χ1n) is 12.3. The van der Waals surface area contributed by atoms with Gasteiger partial charge in [-0.3, -0.25) is 14.6 Å². The Labute approximate surface area is 185 Å². The number of pyridine rings is 3. The molecule has 0 unspecified atom stereocenters. The van der Waals surface area contributed by atoms with E-state index < -0.39 is 13.0 Å². The second kappa shape index (κ2) is 8.07. The van der Waals surface area contributed by atoms with Crippen molar-refractivity contribution in [1.82, 2.24) is 25.6 Å². The standard InChI is InChI=1S/C24H25N5O2/c1-25-24(31)19-5-4-17(16-6-8-26-9-7-16)20(28-19)10-14-11-22-21(27-13-14)12-18(15-2-3-15)23(30)29-22/h4-6,11-13,15,26H,2-3,7-10H2,1H3,(H,25,31)(H,29,30)/i8D2,9D2. The molecule has 0 atom stereocenters. The van der Waals surface area contributed by atoms with E-state index in [-0.39, 0.29) is 30.0 Å². The highest BCUT2D eigenvalue weighted by molar-refractivity contribution is 5.92. The molecule has 7 heteroatoms. The highest BCUT2D eigenvalue weighted by Gasteiger charge is 2.26. The fourth-order valence-electron chi connectivity index (χ4n) is 3.85. The number of carbonyl (C=O) groups is 1. The third kappa shape index (κ3) is 4.01. The van der Waals surface area contributed by atoms with Crippen LogP contribution < -0.4 is 16.2 Å². The number of rotatable bonds is 5. The van der Waals surface area contributed by atoms with E-state index in [1.807, 2.05) is 12.1 Å². The maximum absolute atomic E-state index is 12.5. The molecule has 31 heavy (non-hydrogen) atoms. The van der Waals surface area contributed by atoms with Gasteiger partial charge in [-0.1, -0.05) is 12.1 Å². The van der Waals surface area contributed by atoms with Crippen molar-refractivity contribution in [3.63, 3.8) is 0 Å². The Morgan fingerprint density at radius 1 is 1.32 bits per heavy atom. The lowest BCUT2D eigenvalue weighted by Crippen LogP contribution is -2.22. The number of nitrogens with one attached hydrogen (secondary N) is 3. The molecule has 0 spiro atoms. The summed E-state index contributed by atoms with van der Waals surface area (Å²) in [5, 5.41) is 4.89. The monoisotopic (exact) mass is 419 g/mol. The zero-order valence-corrected chi connectivity index (χ0v) is 17.1. The van der Waals surface area contributed by atoms with E-state index in [0.29, 0.717) is 33.8 Å². The molecule has 3 aromatic rings. The molecule has 2 aliphatic rings. The molecular formula is C24H25N5O2. The maximum atomic E-state index is 12.5. The lowest BCUT2D eigenvalue weighted by molar-refractivity contribution is 0.0958. The summed E-state index contributed by atoms with van der Waals surface area (Å²) in [4.78, 5) is 36.7. The van der Waals surface area contributed by atoms with Crippen molar-refractivity contribution in [3.8, 4) is 0 Å². The summed E-state index contributed by atoms with van der Waals surface area (Å²) in [6, 6.07) is 6.89. The van der Waals surface area contributed by atoms with Gasteiger partial charge in [0.15, 0.2) is 0 Å². The van der Waals surface area contributed by atoms with Gasteiger partial charge in [0.05, 0.1) is 16.7 Å². The average Bonchev–Trinajstić information content (AvgIpc) is 3.61. The number of aromatic nitrogens is 3. The molecular weight excluding hydrogens is 390 g/mol. The van der Waals surface area contributed by atoms with E-state index in [4.69, 9.17) is 5.48 Å². The third-order valence-electron chi connectivity index (χ3n) is 5.63. The number of aromatic amines is 1. The van der Waals surface area contributed by atoms with E-state index in [1.54, 1.807) is 18.3 Å². The summed E-state index contributed by atoms with van der Waals surface area (Å²) in [5.74, 6) is -0.0548. The Hall–Kier alpha value is -3.32. The van der Waals surface area contributed by atoms with Gasteiger partial charge in [0.2, 0.25) is 0 Å². The molecule has 4 heterocycles. The second-order valence-electron chi connectivity index (χ2n) is 7.84. The van der Waals surface area contributed by atoms with Crippen LogP contribution in [0.4, 0.5) is 0 Å². The van der Waals surface area contributed by atoms with Gasteiger partial charge in [0.1, 0.15) is 5.69 Å². The normalized spacial score (nSPS) is 21.4. The van der Waals surface area contributed by atoms with Crippen molar-refractivity contribution < 1.29 is 10.3 Å². The predicted molar refractivity (Wildman–Crippen MR) is 120 cm³/mol. The van der Waals surface area contributed by atoms with Gasteiger partial charge in [0.25, 0.3) is 11.5 Å². The fourth-order valence-corrected chi connectivity index (χ4v) is 3.85. The van der Waals surface area contributed by atoms with Crippen LogP contribution >= 0.6 is 0 Å². The van der Waals surface area contributed by atoms with Crippen molar-refractivity contribution in [2.45, 2.75) is 31.6 Å². The van der Waals surface area contributed by atoms with Gasteiger partial charge in [-0.25, -0.2) is 4.98 Å². The minimum absolute atomic E-state index is 0.0618. The van der Waals surface area contributed by atoms with Gasteiger partial charge < -0.3 is 15.6 Å². The molecule has 0 aromatic carbocycles. The van der Waals surface area contributed by atoms with Gasteiger partial charge in [-0.05, 0) is 66.6 Å². The van der Waals surface area contributed by atoms with Crippen LogP contribution in [0, 0.1) is 0 Å². The first kappa shape index (κ1) is 15.5. The molecule has 0 saturated heterocycles. The molecule has 5 rings (SSSR count). The van der Waals surface area contributed by atoms with E-state index in [0.717, 1.165) is 24.0 Å². The SMILES string of the molecule is [2H]C1([2H])C=C(c2ccc(C(=O)NC)nc2Cc2cnc3cc(C4CC4)c(=O)[nH]c3c2)CC([2H])([2H])N1. The Balaban J connectivity index is 1.57. The van der Waals surface area contributed by atoms with Gasteiger partial charge in [-0.2, -0.15) is 0 Å². The van der Waals surface area contributed by atoms with Crippen molar-refractivity contribution in [3.05, 3.63) is 75.0 Å². The van der Waals surface area contributed by atoms with Crippen LogP contribution in [-0.4, -0.2) is 40.9 Å². The highest BCUT2D eigenvalue weighted by atomic mass is 16.1. The summed E-state index contributed by atoms with van der Waals surface area (Å²) in [6.07, 6.45) is 5.28. The fraction of sp³-hybridized carbons (Fsp3) is 0.333. The number of carbonyl (C=O) groups excluding carboxylic acids is 1. The predicted octanol–water partition coefficient (Wildman–Crippen LogP) is 2.52. The first-order chi connectivity index (χ1) is 16.5. The molecule has 3 N–H and O–H groups in total. The van der Waals surface area contributed by atoms with Gasteiger partial charge in [0, 0.05) is 37.2 Å².